The zero-order valence-corrected chi connectivity index (χ0v) is 10.9. The van der Waals surface area contributed by atoms with Crippen LogP contribution in [0.2, 0.25) is 0 Å². The number of pyridine rings is 1. The van der Waals surface area contributed by atoms with Crippen LogP contribution < -0.4 is 11.4 Å². The summed E-state index contributed by atoms with van der Waals surface area (Å²) in [6.45, 7) is 2.70. The number of nitrogens with one attached hydrogen (secondary N) is 1. The van der Waals surface area contributed by atoms with E-state index in [4.69, 9.17) is 5.73 Å². The molecule has 2 heterocycles. The monoisotopic (exact) mass is 265 g/mol. The van der Waals surface area contributed by atoms with E-state index in [9.17, 15) is 4.79 Å². The molecule has 0 fully saturated rings. The lowest BCUT2D eigenvalue weighted by Gasteiger charge is -2.03. The van der Waals surface area contributed by atoms with Crippen LogP contribution in [0.25, 0.3) is 0 Å². The molecule has 0 amide bonds. The van der Waals surface area contributed by atoms with Gasteiger partial charge in [-0.3, -0.25) is 4.57 Å². The Morgan fingerprint density at radius 2 is 2.33 bits per heavy atom. The highest BCUT2D eigenvalue weighted by molar-refractivity contribution is 7.98. The second-order valence-electron chi connectivity index (χ2n) is 3.84. The van der Waals surface area contributed by atoms with E-state index in [1.807, 2.05) is 13.0 Å². The molecule has 0 bridgehead atoms. The molecule has 0 aliphatic carbocycles. The molecule has 2 rings (SSSR count). The summed E-state index contributed by atoms with van der Waals surface area (Å²) >= 11 is 1.51. The minimum Gasteiger partial charge on any atom is -0.384 e. The number of thioether (sulfide) groups is 1. The van der Waals surface area contributed by atoms with Crippen LogP contribution in [0.5, 0.6) is 0 Å². The largest absolute Gasteiger partial charge is 0.384 e. The smallest absolute Gasteiger partial charge is 0.343 e. The van der Waals surface area contributed by atoms with E-state index in [0.717, 1.165) is 12.0 Å². The van der Waals surface area contributed by atoms with Gasteiger partial charge in [0.05, 0.1) is 0 Å². The van der Waals surface area contributed by atoms with Gasteiger partial charge in [-0.1, -0.05) is 24.8 Å². The van der Waals surface area contributed by atoms with Gasteiger partial charge in [-0.25, -0.2) is 14.9 Å². The van der Waals surface area contributed by atoms with Crippen LogP contribution in [0, 0.1) is 0 Å². The number of hydrogen-bond donors (Lipinski definition) is 2. The predicted molar refractivity (Wildman–Crippen MR) is 71.3 cm³/mol. The number of nitrogens with zero attached hydrogens (tertiary/aromatic N) is 3. The third-order valence-electron chi connectivity index (χ3n) is 2.39. The number of nitrogens with two attached hydrogens (primary N) is 1. The van der Waals surface area contributed by atoms with Gasteiger partial charge < -0.3 is 5.73 Å². The second-order valence-corrected chi connectivity index (χ2v) is 4.79. The van der Waals surface area contributed by atoms with Crippen molar-refractivity contribution in [2.24, 2.45) is 0 Å². The van der Waals surface area contributed by atoms with Crippen molar-refractivity contribution in [2.75, 3.05) is 5.73 Å². The first-order valence-electron chi connectivity index (χ1n) is 5.69. The van der Waals surface area contributed by atoms with Gasteiger partial charge in [0.25, 0.3) is 0 Å². The highest BCUT2D eigenvalue weighted by Gasteiger charge is 2.08. The molecule has 18 heavy (non-hydrogen) atoms. The second kappa shape index (κ2) is 5.72. The van der Waals surface area contributed by atoms with Crippen LogP contribution in [0.4, 0.5) is 5.82 Å². The molecule has 96 valence electrons. The van der Waals surface area contributed by atoms with E-state index < -0.39 is 0 Å². The van der Waals surface area contributed by atoms with Crippen molar-refractivity contribution in [1.29, 1.82) is 0 Å². The Labute approximate surface area is 109 Å². The minimum atomic E-state index is -0.158. The van der Waals surface area contributed by atoms with E-state index in [2.05, 4.69) is 15.2 Å². The number of rotatable bonds is 5. The van der Waals surface area contributed by atoms with Crippen molar-refractivity contribution >= 4 is 17.6 Å². The first-order valence-corrected chi connectivity index (χ1v) is 6.67. The van der Waals surface area contributed by atoms with Gasteiger partial charge in [0.2, 0.25) is 0 Å². The van der Waals surface area contributed by atoms with Crippen molar-refractivity contribution in [3.63, 3.8) is 0 Å². The maximum absolute atomic E-state index is 11.5. The minimum absolute atomic E-state index is 0.158. The molecular formula is C11H15N5OS. The lowest BCUT2D eigenvalue weighted by Crippen LogP contribution is -2.17. The molecular weight excluding hydrogens is 250 g/mol. The lowest BCUT2D eigenvalue weighted by molar-refractivity contribution is 0.604. The molecule has 0 unspecified atom stereocenters. The Hall–Kier alpha value is -1.76. The van der Waals surface area contributed by atoms with Gasteiger partial charge in [0.15, 0.2) is 5.16 Å². The highest BCUT2D eigenvalue weighted by atomic mass is 32.2. The summed E-state index contributed by atoms with van der Waals surface area (Å²) in [5.41, 5.74) is 6.41. The number of H-pyrrole nitrogens is 1. The highest BCUT2D eigenvalue weighted by Crippen LogP contribution is 2.19. The van der Waals surface area contributed by atoms with Crippen molar-refractivity contribution in [3.8, 4) is 0 Å². The summed E-state index contributed by atoms with van der Waals surface area (Å²) in [6.07, 6.45) is 2.63. The number of hydrogen-bond acceptors (Lipinski definition) is 5. The summed E-state index contributed by atoms with van der Waals surface area (Å²) < 4.78 is 1.65. The maximum atomic E-state index is 11.5. The number of aromatic nitrogens is 4. The molecule has 6 nitrogen and oxygen atoms in total. The number of aromatic amines is 1. The van der Waals surface area contributed by atoms with E-state index in [-0.39, 0.29) is 5.69 Å². The summed E-state index contributed by atoms with van der Waals surface area (Å²) in [7, 11) is 0. The van der Waals surface area contributed by atoms with Crippen molar-refractivity contribution in [2.45, 2.75) is 30.8 Å². The molecule has 2 aromatic rings. The molecule has 0 radical (unpaired) electrons. The van der Waals surface area contributed by atoms with Gasteiger partial charge in [0, 0.05) is 18.5 Å². The Morgan fingerprint density at radius 3 is 3.00 bits per heavy atom. The molecule has 2 aromatic heterocycles. The van der Waals surface area contributed by atoms with Crippen LogP contribution in [-0.4, -0.2) is 19.7 Å². The topological polar surface area (TPSA) is 89.6 Å². The van der Waals surface area contributed by atoms with Crippen LogP contribution in [-0.2, 0) is 12.3 Å². The summed E-state index contributed by atoms with van der Waals surface area (Å²) in [4.78, 5) is 15.5. The maximum Gasteiger partial charge on any atom is 0.343 e. The van der Waals surface area contributed by atoms with Gasteiger partial charge in [-0.05, 0) is 18.1 Å². The Morgan fingerprint density at radius 1 is 1.50 bits per heavy atom. The van der Waals surface area contributed by atoms with Crippen molar-refractivity contribution in [3.05, 3.63) is 34.4 Å². The van der Waals surface area contributed by atoms with Gasteiger partial charge >= 0.3 is 5.69 Å². The van der Waals surface area contributed by atoms with Crippen molar-refractivity contribution in [1.82, 2.24) is 19.7 Å². The standard InChI is InChI=1S/C11H15N5OS/c1-2-5-16-10(17)14-15-11(16)18-7-8-3-4-9(12)13-6-8/h3-4,6H,2,5,7H2,1H3,(H2,12,13)(H,14,17). The quantitative estimate of drug-likeness (QED) is 0.794. The predicted octanol–water partition coefficient (Wildman–Crippen LogP) is 1.25. The summed E-state index contributed by atoms with van der Waals surface area (Å²) in [5, 5.41) is 7.19. The van der Waals surface area contributed by atoms with Crippen LogP contribution in [0.3, 0.4) is 0 Å². The Kier molecular flexibility index (Phi) is 4.03. The average molecular weight is 265 g/mol. The molecule has 0 aliphatic heterocycles. The first-order chi connectivity index (χ1) is 8.70. The fraction of sp³-hybridized carbons (Fsp3) is 0.364. The van der Waals surface area contributed by atoms with Crippen molar-refractivity contribution < 1.29 is 0 Å². The zero-order valence-electron chi connectivity index (χ0n) is 10.1. The molecule has 0 spiro atoms. The van der Waals surface area contributed by atoms with E-state index in [0.29, 0.717) is 23.3 Å². The fourth-order valence-electron chi connectivity index (χ4n) is 1.50. The molecule has 3 N–H and O–H groups in total. The third-order valence-corrected chi connectivity index (χ3v) is 3.43. The summed E-state index contributed by atoms with van der Waals surface area (Å²) in [5.74, 6) is 1.22. The normalized spacial score (nSPS) is 10.7. The van der Waals surface area contributed by atoms with Gasteiger partial charge in [0.1, 0.15) is 5.82 Å². The zero-order chi connectivity index (χ0) is 13.0. The SMILES string of the molecule is CCCn1c(SCc2ccc(N)nc2)n[nH]c1=O. The molecule has 0 saturated heterocycles. The van der Waals surface area contributed by atoms with E-state index in [1.165, 1.54) is 11.8 Å². The Bertz CT molecular complexity index is 560. The first kappa shape index (κ1) is 12.7. The van der Waals surface area contributed by atoms with Gasteiger partial charge in [-0.2, -0.15) is 0 Å². The van der Waals surface area contributed by atoms with Crippen LogP contribution in [0.15, 0.2) is 28.3 Å². The van der Waals surface area contributed by atoms with Crippen LogP contribution >= 0.6 is 11.8 Å². The summed E-state index contributed by atoms with van der Waals surface area (Å²) in [6, 6.07) is 3.68. The van der Waals surface area contributed by atoms with Gasteiger partial charge in [-0.15, -0.1) is 5.10 Å². The molecule has 0 aromatic carbocycles. The fourth-order valence-corrected chi connectivity index (χ4v) is 2.41. The molecule has 0 atom stereocenters. The average Bonchev–Trinajstić information content (AvgIpc) is 2.71. The Balaban J connectivity index is 2.06. The van der Waals surface area contributed by atoms with Crippen LogP contribution in [0.1, 0.15) is 18.9 Å². The molecule has 7 heteroatoms. The third kappa shape index (κ3) is 2.92. The van der Waals surface area contributed by atoms with E-state index in [1.54, 1.807) is 16.8 Å². The lowest BCUT2D eigenvalue weighted by atomic mass is 10.3. The molecule has 0 saturated carbocycles. The molecule has 0 aliphatic rings. The number of anilines is 1. The number of nitrogen functional groups attached to an aromatic ring is 1. The van der Waals surface area contributed by atoms with E-state index >= 15 is 0 Å².